The number of fused-ring (bicyclic) bond motifs is 2. The van der Waals surface area contributed by atoms with Crippen LogP contribution in [-0.4, -0.2) is 23.4 Å². The molecule has 5 rings (SSSR count). The number of anilines is 1. The van der Waals surface area contributed by atoms with Crippen molar-refractivity contribution in [1.82, 2.24) is 0 Å². The molecule has 2 aliphatic heterocycles. The lowest BCUT2D eigenvalue weighted by molar-refractivity contribution is -2.00. The maximum atomic E-state index is 8.49. The van der Waals surface area contributed by atoms with Gasteiger partial charge in [0.15, 0.2) is 5.71 Å². The van der Waals surface area contributed by atoms with Crippen LogP contribution < -0.4 is 23.5 Å². The minimum absolute atomic E-state index is 0.0141. The van der Waals surface area contributed by atoms with Crippen LogP contribution in [0.4, 0.5) is 11.4 Å². The fourth-order valence-electron chi connectivity index (χ4n) is 5.61. The fraction of sp³-hybridized carbons (Fsp3) is 0.303. The van der Waals surface area contributed by atoms with Gasteiger partial charge in [0, 0.05) is 46.1 Å². The van der Waals surface area contributed by atoms with Gasteiger partial charge in [0.05, 0.1) is 5.41 Å². The second kappa shape index (κ2) is 13.3. The highest BCUT2D eigenvalue weighted by Crippen LogP contribution is 2.47. The molecule has 0 aromatic heterocycles. The predicted molar refractivity (Wildman–Crippen MR) is 156 cm³/mol. The molecule has 0 radical (unpaired) electrons. The van der Waals surface area contributed by atoms with E-state index < -0.39 is 10.2 Å². The van der Waals surface area contributed by atoms with E-state index in [0.717, 1.165) is 18.1 Å². The normalized spacial score (nSPS) is 17.5. The molecule has 0 amide bonds. The van der Waals surface area contributed by atoms with Crippen LogP contribution in [0.5, 0.6) is 0 Å². The quantitative estimate of drug-likeness (QED) is 0.425. The van der Waals surface area contributed by atoms with Crippen LogP contribution in [-0.2, 0) is 10.8 Å². The first-order chi connectivity index (χ1) is 19.2. The second-order valence-electron chi connectivity index (χ2n) is 10.7. The van der Waals surface area contributed by atoms with Crippen molar-refractivity contribution in [3.05, 3.63) is 119 Å². The molecule has 0 spiro atoms. The van der Waals surface area contributed by atoms with Crippen LogP contribution >= 0.6 is 11.6 Å². The number of nitrogens with zero attached hydrogens (tertiary/aromatic N) is 2. The standard InChI is InChI=1S/C27H33N2.C6H5Cl.ClHO4/c1-7-28-22-16-11-9-14-20(22)26(3,4)24(28)18-13-19-25-27(5,6)21-15-10-12-17-23(21)29(25)8-2;7-6-4-2-1-3-5-6;2-1(3,4)5/h9-19H,7-8H2,1-6H3;1-5H;(H,2,3,4,5)/q+1;;/p-1. The first-order valence-corrected chi connectivity index (χ1v) is 15.2. The van der Waals surface area contributed by atoms with E-state index in [4.69, 9.17) is 30.2 Å². The molecule has 218 valence electrons. The lowest BCUT2D eigenvalue weighted by Crippen LogP contribution is -2.68. The first-order valence-electron chi connectivity index (χ1n) is 13.6. The zero-order valence-electron chi connectivity index (χ0n) is 24.4. The van der Waals surface area contributed by atoms with Crippen molar-refractivity contribution in [3.8, 4) is 0 Å². The number of halogens is 2. The van der Waals surface area contributed by atoms with Gasteiger partial charge in [0.2, 0.25) is 5.69 Å². The second-order valence-corrected chi connectivity index (χ2v) is 11.9. The number of rotatable bonds is 4. The van der Waals surface area contributed by atoms with E-state index in [0.29, 0.717) is 0 Å². The number of likely N-dealkylation sites (N-methyl/N-ethyl adjacent to an activating group) is 1. The third-order valence-corrected chi connectivity index (χ3v) is 7.72. The Hall–Kier alpha value is -2.97. The first kappa shape index (κ1) is 32.5. The van der Waals surface area contributed by atoms with Crippen molar-refractivity contribution >= 4 is 28.7 Å². The van der Waals surface area contributed by atoms with Gasteiger partial charge in [-0.15, -0.1) is 10.2 Å². The van der Waals surface area contributed by atoms with Crippen LogP contribution in [0.2, 0.25) is 5.02 Å². The highest BCUT2D eigenvalue weighted by molar-refractivity contribution is 6.30. The number of benzene rings is 3. The molecule has 2 aliphatic rings. The van der Waals surface area contributed by atoms with Crippen molar-refractivity contribution in [3.63, 3.8) is 0 Å². The molecule has 0 fully saturated rings. The Kier molecular flexibility index (Phi) is 10.6. The minimum Gasteiger partial charge on any atom is -0.344 e. The largest absolute Gasteiger partial charge is 0.344 e. The smallest absolute Gasteiger partial charge is 0.209 e. The molecule has 3 aromatic carbocycles. The highest BCUT2D eigenvalue weighted by atomic mass is 35.7. The van der Waals surface area contributed by atoms with Gasteiger partial charge in [0.25, 0.3) is 0 Å². The Balaban J connectivity index is 0.000000321. The minimum atomic E-state index is -4.94. The van der Waals surface area contributed by atoms with Gasteiger partial charge in [-0.1, -0.05) is 86.1 Å². The lowest BCUT2D eigenvalue weighted by atomic mass is 9.81. The van der Waals surface area contributed by atoms with Gasteiger partial charge in [-0.2, -0.15) is 4.58 Å². The molecule has 0 atom stereocenters. The maximum Gasteiger partial charge on any atom is 0.209 e. The average molecular weight is 598 g/mol. The molecule has 8 heteroatoms. The molecule has 2 heterocycles. The molecule has 0 N–H and O–H groups in total. The van der Waals surface area contributed by atoms with E-state index in [9.17, 15) is 0 Å². The van der Waals surface area contributed by atoms with Crippen molar-refractivity contribution < 1.29 is 33.5 Å². The molecule has 0 bridgehead atoms. The summed E-state index contributed by atoms with van der Waals surface area (Å²) in [6, 6.07) is 27.1. The lowest BCUT2D eigenvalue weighted by Gasteiger charge is -2.25. The molecular formula is C33H38Cl2N2O4. The van der Waals surface area contributed by atoms with Gasteiger partial charge in [0.1, 0.15) is 6.54 Å². The van der Waals surface area contributed by atoms with Crippen molar-refractivity contribution in [2.45, 2.75) is 52.4 Å². The van der Waals surface area contributed by atoms with E-state index in [1.54, 1.807) is 0 Å². The van der Waals surface area contributed by atoms with Gasteiger partial charge in [-0.25, -0.2) is 18.6 Å². The molecule has 3 aromatic rings. The van der Waals surface area contributed by atoms with Gasteiger partial charge >= 0.3 is 0 Å². The Morgan fingerprint density at radius 1 is 0.780 bits per heavy atom. The van der Waals surface area contributed by atoms with E-state index in [1.807, 2.05) is 30.3 Å². The van der Waals surface area contributed by atoms with Crippen LogP contribution in [0.25, 0.3) is 0 Å². The summed E-state index contributed by atoms with van der Waals surface area (Å²) in [5.41, 5.74) is 8.28. The average Bonchev–Trinajstić information content (AvgIpc) is 3.27. The highest BCUT2D eigenvalue weighted by Gasteiger charge is 2.43. The van der Waals surface area contributed by atoms with Crippen molar-refractivity contribution in [1.29, 1.82) is 0 Å². The molecule has 0 aliphatic carbocycles. The summed E-state index contributed by atoms with van der Waals surface area (Å²) in [7, 11) is -4.94. The van der Waals surface area contributed by atoms with Crippen LogP contribution in [0.3, 0.4) is 0 Å². The Labute approximate surface area is 250 Å². The topological polar surface area (TPSA) is 98.5 Å². The van der Waals surface area contributed by atoms with Crippen molar-refractivity contribution in [2.75, 3.05) is 18.0 Å². The monoisotopic (exact) mass is 596 g/mol. The summed E-state index contributed by atoms with van der Waals surface area (Å²) in [6.07, 6.45) is 6.91. The van der Waals surface area contributed by atoms with E-state index >= 15 is 0 Å². The van der Waals surface area contributed by atoms with Crippen LogP contribution in [0.15, 0.2) is 103 Å². The summed E-state index contributed by atoms with van der Waals surface area (Å²) in [5.74, 6) is 0. The Morgan fingerprint density at radius 3 is 1.85 bits per heavy atom. The van der Waals surface area contributed by atoms with E-state index in [-0.39, 0.29) is 10.8 Å². The summed E-state index contributed by atoms with van der Waals surface area (Å²) in [5, 5.41) is 0.794. The summed E-state index contributed by atoms with van der Waals surface area (Å²) >= 11 is 5.54. The third kappa shape index (κ3) is 7.66. The molecule has 41 heavy (non-hydrogen) atoms. The SMILES string of the molecule is CCN1/C(=C/C=C/C2=[N+](CC)c3ccccc3C2(C)C)C(C)(C)c2ccccc21.Clc1ccccc1.[O-][Cl+3]([O-])([O-])[O-]. The zero-order chi connectivity index (χ0) is 30.4. The van der Waals surface area contributed by atoms with Crippen molar-refractivity contribution in [2.24, 2.45) is 0 Å². The molecule has 0 saturated heterocycles. The number of allylic oxidation sites excluding steroid dienone is 4. The predicted octanol–water partition coefficient (Wildman–Crippen LogP) is 3.92. The van der Waals surface area contributed by atoms with Gasteiger partial charge in [-0.05, 0) is 57.5 Å². The van der Waals surface area contributed by atoms with E-state index in [2.05, 4.69) is 118 Å². The maximum absolute atomic E-state index is 8.49. The number of para-hydroxylation sites is 2. The fourth-order valence-corrected chi connectivity index (χ4v) is 5.75. The van der Waals surface area contributed by atoms with Gasteiger partial charge < -0.3 is 4.90 Å². The van der Waals surface area contributed by atoms with Crippen LogP contribution in [0.1, 0.15) is 52.7 Å². The molecular weight excluding hydrogens is 559 g/mol. The summed E-state index contributed by atoms with van der Waals surface area (Å²) in [6.45, 7) is 15.8. The number of hydrogen-bond acceptors (Lipinski definition) is 5. The number of hydrogen-bond donors (Lipinski definition) is 0. The Morgan fingerprint density at radius 2 is 1.32 bits per heavy atom. The zero-order valence-corrected chi connectivity index (χ0v) is 25.9. The molecule has 0 saturated carbocycles. The molecule has 0 unspecified atom stereocenters. The third-order valence-electron chi connectivity index (χ3n) is 7.47. The van der Waals surface area contributed by atoms with Gasteiger partial charge in [-0.3, -0.25) is 0 Å². The summed E-state index contributed by atoms with van der Waals surface area (Å²) < 4.78 is 36.4. The summed E-state index contributed by atoms with van der Waals surface area (Å²) in [4.78, 5) is 2.45. The molecule has 6 nitrogen and oxygen atoms in total. The Bertz CT molecular complexity index is 1420. The van der Waals surface area contributed by atoms with E-state index in [1.165, 1.54) is 33.9 Å². The van der Waals surface area contributed by atoms with Crippen LogP contribution in [0, 0.1) is 10.2 Å².